The van der Waals surface area contributed by atoms with Crippen LogP contribution >= 0.6 is 0 Å². The molecule has 3 N–H and O–H groups in total. The highest BCUT2D eigenvalue weighted by atomic mass is 16.1. The molecule has 0 radical (unpaired) electrons. The zero-order chi connectivity index (χ0) is 13.4. The summed E-state index contributed by atoms with van der Waals surface area (Å²) < 4.78 is 0. The van der Waals surface area contributed by atoms with Gasteiger partial charge in [0.05, 0.1) is 0 Å². The fourth-order valence-electron chi connectivity index (χ4n) is 1.94. The molecular formula is C14H30N2O. The molecule has 17 heavy (non-hydrogen) atoms. The van der Waals surface area contributed by atoms with Gasteiger partial charge in [-0.15, -0.1) is 0 Å². The Morgan fingerprint density at radius 3 is 2.18 bits per heavy atom. The maximum atomic E-state index is 12.0. The second-order valence-corrected chi connectivity index (χ2v) is 5.58. The molecule has 0 heterocycles. The van der Waals surface area contributed by atoms with Crippen molar-refractivity contribution in [3.8, 4) is 0 Å². The molecule has 3 heteroatoms. The van der Waals surface area contributed by atoms with Crippen molar-refractivity contribution in [2.45, 2.75) is 72.4 Å². The molecule has 0 aromatic carbocycles. The van der Waals surface area contributed by atoms with E-state index in [4.69, 9.17) is 5.73 Å². The van der Waals surface area contributed by atoms with Crippen LogP contribution in [0.2, 0.25) is 0 Å². The quantitative estimate of drug-likeness (QED) is 0.687. The zero-order valence-corrected chi connectivity index (χ0v) is 12.1. The van der Waals surface area contributed by atoms with Gasteiger partial charge >= 0.3 is 0 Å². The first-order valence-corrected chi connectivity index (χ1v) is 6.94. The van der Waals surface area contributed by atoms with Gasteiger partial charge in [-0.2, -0.15) is 0 Å². The molecular weight excluding hydrogens is 212 g/mol. The van der Waals surface area contributed by atoms with Crippen molar-refractivity contribution >= 4 is 5.91 Å². The lowest BCUT2D eigenvalue weighted by atomic mass is 9.98. The second kappa shape index (κ2) is 8.51. The summed E-state index contributed by atoms with van der Waals surface area (Å²) in [5.74, 6) is 0.789. The van der Waals surface area contributed by atoms with Gasteiger partial charge in [0.25, 0.3) is 0 Å². The summed E-state index contributed by atoms with van der Waals surface area (Å²) in [5, 5.41) is 3.13. The van der Waals surface area contributed by atoms with E-state index in [-0.39, 0.29) is 17.9 Å². The topological polar surface area (TPSA) is 55.1 Å². The smallest absolute Gasteiger partial charge is 0.223 e. The number of nitrogens with two attached hydrogens (primary N) is 1. The molecule has 0 fully saturated rings. The molecule has 0 aliphatic rings. The SMILES string of the molecule is CCC(NC(=O)C(C)CCCC(C)N)C(C)C. The predicted octanol–water partition coefficient (Wildman–Crippen LogP) is 2.69. The molecule has 0 aromatic heterocycles. The van der Waals surface area contributed by atoms with Crippen LogP contribution in [0.5, 0.6) is 0 Å². The summed E-state index contributed by atoms with van der Waals surface area (Å²) >= 11 is 0. The van der Waals surface area contributed by atoms with Crippen LogP contribution in [-0.4, -0.2) is 18.0 Å². The molecule has 3 nitrogen and oxygen atoms in total. The lowest BCUT2D eigenvalue weighted by Crippen LogP contribution is -2.40. The summed E-state index contributed by atoms with van der Waals surface area (Å²) in [6, 6.07) is 0.544. The normalized spacial score (nSPS) is 16.6. The van der Waals surface area contributed by atoms with E-state index < -0.39 is 0 Å². The van der Waals surface area contributed by atoms with E-state index in [2.05, 4.69) is 26.1 Å². The van der Waals surface area contributed by atoms with Gasteiger partial charge in [-0.3, -0.25) is 4.79 Å². The van der Waals surface area contributed by atoms with Gasteiger partial charge in [0.2, 0.25) is 5.91 Å². The van der Waals surface area contributed by atoms with Crippen molar-refractivity contribution in [1.82, 2.24) is 5.32 Å². The van der Waals surface area contributed by atoms with Crippen LogP contribution in [-0.2, 0) is 4.79 Å². The lowest BCUT2D eigenvalue weighted by molar-refractivity contribution is -0.125. The van der Waals surface area contributed by atoms with E-state index in [1.165, 1.54) is 0 Å². The van der Waals surface area contributed by atoms with Gasteiger partial charge in [0.1, 0.15) is 0 Å². The molecule has 0 bridgehead atoms. The Kier molecular flexibility index (Phi) is 8.23. The van der Waals surface area contributed by atoms with E-state index in [1.807, 2.05) is 13.8 Å². The third-order valence-corrected chi connectivity index (χ3v) is 3.32. The minimum Gasteiger partial charge on any atom is -0.353 e. The third-order valence-electron chi connectivity index (χ3n) is 3.32. The van der Waals surface area contributed by atoms with Crippen LogP contribution in [0.25, 0.3) is 0 Å². The van der Waals surface area contributed by atoms with Crippen molar-refractivity contribution in [2.24, 2.45) is 17.6 Å². The van der Waals surface area contributed by atoms with Crippen molar-refractivity contribution < 1.29 is 4.79 Å². The Labute approximate surface area is 107 Å². The average molecular weight is 242 g/mol. The Morgan fingerprint density at radius 1 is 1.18 bits per heavy atom. The van der Waals surface area contributed by atoms with Gasteiger partial charge in [-0.1, -0.05) is 34.1 Å². The highest BCUT2D eigenvalue weighted by Crippen LogP contribution is 2.12. The monoisotopic (exact) mass is 242 g/mol. The number of carbonyl (C=O) groups excluding carboxylic acids is 1. The van der Waals surface area contributed by atoms with E-state index in [9.17, 15) is 4.79 Å². The van der Waals surface area contributed by atoms with E-state index >= 15 is 0 Å². The number of hydrogen-bond acceptors (Lipinski definition) is 2. The number of hydrogen-bond donors (Lipinski definition) is 2. The zero-order valence-electron chi connectivity index (χ0n) is 12.1. The summed E-state index contributed by atoms with van der Waals surface area (Å²) in [7, 11) is 0. The van der Waals surface area contributed by atoms with E-state index in [0.29, 0.717) is 12.0 Å². The first-order valence-electron chi connectivity index (χ1n) is 6.94. The molecule has 0 aromatic rings. The molecule has 0 aliphatic carbocycles. The molecule has 3 atom stereocenters. The van der Waals surface area contributed by atoms with Crippen molar-refractivity contribution in [3.63, 3.8) is 0 Å². The van der Waals surface area contributed by atoms with E-state index in [0.717, 1.165) is 25.7 Å². The highest BCUT2D eigenvalue weighted by Gasteiger charge is 2.18. The fraction of sp³-hybridized carbons (Fsp3) is 0.929. The molecule has 0 aliphatic heterocycles. The maximum Gasteiger partial charge on any atom is 0.223 e. The first-order chi connectivity index (χ1) is 7.88. The van der Waals surface area contributed by atoms with Crippen LogP contribution in [0.3, 0.4) is 0 Å². The fourth-order valence-corrected chi connectivity index (χ4v) is 1.94. The van der Waals surface area contributed by atoms with Gasteiger partial charge in [-0.05, 0) is 32.1 Å². The van der Waals surface area contributed by atoms with Crippen LogP contribution in [0.15, 0.2) is 0 Å². The van der Waals surface area contributed by atoms with Gasteiger partial charge in [-0.25, -0.2) is 0 Å². The summed E-state index contributed by atoms with van der Waals surface area (Å²) in [6.07, 6.45) is 3.96. The summed E-state index contributed by atoms with van der Waals surface area (Å²) in [6.45, 7) is 10.4. The molecule has 0 spiro atoms. The average Bonchev–Trinajstić information content (AvgIpc) is 2.24. The van der Waals surface area contributed by atoms with Gasteiger partial charge in [0.15, 0.2) is 0 Å². The Balaban J connectivity index is 3.95. The second-order valence-electron chi connectivity index (χ2n) is 5.58. The Morgan fingerprint density at radius 2 is 1.76 bits per heavy atom. The van der Waals surface area contributed by atoms with Crippen LogP contribution in [0.4, 0.5) is 0 Å². The minimum absolute atomic E-state index is 0.0987. The third kappa shape index (κ3) is 7.37. The molecule has 0 rings (SSSR count). The molecule has 0 saturated heterocycles. The molecule has 1 amide bonds. The highest BCUT2D eigenvalue weighted by molar-refractivity contribution is 5.78. The maximum absolute atomic E-state index is 12.0. The molecule has 102 valence electrons. The van der Waals surface area contributed by atoms with E-state index in [1.54, 1.807) is 0 Å². The van der Waals surface area contributed by atoms with Crippen molar-refractivity contribution in [1.29, 1.82) is 0 Å². The van der Waals surface area contributed by atoms with Crippen molar-refractivity contribution in [3.05, 3.63) is 0 Å². The van der Waals surface area contributed by atoms with Crippen LogP contribution in [0.1, 0.15) is 60.3 Å². The summed E-state index contributed by atoms with van der Waals surface area (Å²) in [5.41, 5.74) is 5.70. The lowest BCUT2D eigenvalue weighted by Gasteiger charge is -2.23. The van der Waals surface area contributed by atoms with Crippen LogP contribution < -0.4 is 11.1 Å². The van der Waals surface area contributed by atoms with Crippen molar-refractivity contribution in [2.75, 3.05) is 0 Å². The van der Waals surface area contributed by atoms with Gasteiger partial charge < -0.3 is 11.1 Å². The number of nitrogens with one attached hydrogen (secondary N) is 1. The van der Waals surface area contributed by atoms with Crippen LogP contribution in [0, 0.1) is 11.8 Å². The standard InChI is InChI=1S/C14H30N2O/c1-6-13(10(2)3)16-14(17)11(4)8-7-9-12(5)15/h10-13H,6-9,15H2,1-5H3,(H,16,17). The summed E-state index contributed by atoms with van der Waals surface area (Å²) in [4.78, 5) is 12.0. The minimum atomic E-state index is 0.0987. The first kappa shape index (κ1) is 16.4. The predicted molar refractivity (Wildman–Crippen MR) is 73.7 cm³/mol. The Hall–Kier alpha value is -0.570. The van der Waals surface area contributed by atoms with Gasteiger partial charge in [0, 0.05) is 18.0 Å². The number of amides is 1. The largest absolute Gasteiger partial charge is 0.353 e. The molecule has 0 saturated carbocycles. The Bertz CT molecular complexity index is 214. The number of rotatable bonds is 8. The number of carbonyl (C=O) groups is 1. The molecule has 3 unspecified atom stereocenters.